The molecule has 0 aliphatic carbocycles. The first kappa shape index (κ1) is 17.2. The summed E-state index contributed by atoms with van der Waals surface area (Å²) in [4.78, 5) is 16.9. The highest BCUT2D eigenvalue weighted by Crippen LogP contribution is 2.29. The van der Waals surface area contributed by atoms with Gasteiger partial charge in [0.2, 0.25) is 5.91 Å². The van der Waals surface area contributed by atoms with E-state index in [-0.39, 0.29) is 10.1 Å². The fourth-order valence-electron chi connectivity index (χ4n) is 3.16. The van der Waals surface area contributed by atoms with E-state index in [1.807, 2.05) is 0 Å². The highest BCUT2D eigenvalue weighted by molar-refractivity contribution is 7.91. The number of oxazole rings is 1. The first-order valence-electron chi connectivity index (χ1n) is 8.18. The van der Waals surface area contributed by atoms with Gasteiger partial charge in [0.1, 0.15) is 15.8 Å². The molecule has 7 nitrogen and oxygen atoms in total. The molecular formula is C17H17N3O4S2. The zero-order valence-corrected chi connectivity index (χ0v) is 15.6. The summed E-state index contributed by atoms with van der Waals surface area (Å²) in [5, 5.41) is 4.52. The van der Waals surface area contributed by atoms with Gasteiger partial charge in [0.15, 0.2) is 11.5 Å². The predicted molar refractivity (Wildman–Crippen MR) is 98.6 cm³/mol. The molecule has 0 bridgehead atoms. The number of fused-ring (bicyclic) bond motifs is 1. The van der Waals surface area contributed by atoms with Crippen molar-refractivity contribution in [1.82, 2.24) is 9.29 Å². The van der Waals surface area contributed by atoms with Crippen LogP contribution in [0.2, 0.25) is 0 Å². The van der Waals surface area contributed by atoms with Crippen LogP contribution >= 0.6 is 11.3 Å². The summed E-state index contributed by atoms with van der Waals surface area (Å²) in [6.45, 7) is 2.10. The van der Waals surface area contributed by atoms with Crippen molar-refractivity contribution in [3.63, 3.8) is 0 Å². The van der Waals surface area contributed by atoms with E-state index >= 15 is 0 Å². The van der Waals surface area contributed by atoms with Gasteiger partial charge in [-0.1, -0.05) is 6.07 Å². The fourth-order valence-corrected chi connectivity index (χ4v) is 5.93. The van der Waals surface area contributed by atoms with E-state index in [4.69, 9.17) is 4.42 Å². The van der Waals surface area contributed by atoms with Gasteiger partial charge in [0.25, 0.3) is 10.0 Å². The lowest BCUT2D eigenvalue weighted by molar-refractivity contribution is -0.119. The molecule has 26 heavy (non-hydrogen) atoms. The van der Waals surface area contributed by atoms with Crippen LogP contribution in [-0.4, -0.2) is 36.2 Å². The molecule has 9 heteroatoms. The summed E-state index contributed by atoms with van der Waals surface area (Å²) in [7, 11) is -3.65. The van der Waals surface area contributed by atoms with E-state index in [0.29, 0.717) is 42.1 Å². The lowest BCUT2D eigenvalue weighted by atomic mass is 10.2. The SMILES string of the molecule is Cc1nc2ccc(NC(=O)C3CCCN3S(=O)(=O)c3cccs3)cc2o1. The van der Waals surface area contributed by atoms with Crippen molar-refractivity contribution in [3.8, 4) is 0 Å². The molecule has 1 fully saturated rings. The van der Waals surface area contributed by atoms with Gasteiger partial charge in [-0.3, -0.25) is 4.79 Å². The smallest absolute Gasteiger partial charge is 0.253 e. The first-order valence-corrected chi connectivity index (χ1v) is 10.5. The molecule has 1 unspecified atom stereocenters. The lowest BCUT2D eigenvalue weighted by Crippen LogP contribution is -2.42. The van der Waals surface area contributed by atoms with Gasteiger partial charge < -0.3 is 9.73 Å². The number of aromatic nitrogens is 1. The molecule has 3 heterocycles. The number of carbonyl (C=O) groups excluding carboxylic acids is 1. The maximum absolute atomic E-state index is 12.8. The third kappa shape index (κ3) is 3.02. The highest BCUT2D eigenvalue weighted by atomic mass is 32.2. The molecule has 1 aliphatic rings. The second-order valence-electron chi connectivity index (χ2n) is 6.11. The average Bonchev–Trinajstić information content (AvgIpc) is 3.34. The van der Waals surface area contributed by atoms with E-state index in [0.717, 1.165) is 11.3 Å². The molecule has 3 aromatic rings. The molecular weight excluding hydrogens is 374 g/mol. The lowest BCUT2D eigenvalue weighted by Gasteiger charge is -2.22. The zero-order chi connectivity index (χ0) is 18.3. The van der Waals surface area contributed by atoms with Gasteiger partial charge >= 0.3 is 0 Å². The van der Waals surface area contributed by atoms with Crippen LogP contribution in [-0.2, 0) is 14.8 Å². The van der Waals surface area contributed by atoms with Crippen LogP contribution in [0.4, 0.5) is 5.69 Å². The van der Waals surface area contributed by atoms with Crippen LogP contribution in [0.5, 0.6) is 0 Å². The largest absolute Gasteiger partial charge is 0.441 e. The normalized spacial score (nSPS) is 18.4. The van der Waals surface area contributed by atoms with E-state index in [9.17, 15) is 13.2 Å². The standard InChI is InChI=1S/C17H17N3O4S2/c1-11-18-13-7-6-12(10-15(13)24-11)19-17(21)14-4-2-8-20(14)26(22,23)16-5-3-9-25-16/h3,5-7,9-10,14H,2,4,8H2,1H3,(H,19,21). The minimum atomic E-state index is -3.65. The number of amides is 1. The molecule has 0 spiro atoms. The molecule has 0 saturated carbocycles. The van der Waals surface area contributed by atoms with E-state index in [1.165, 1.54) is 4.31 Å². The number of rotatable bonds is 4. The number of nitrogens with one attached hydrogen (secondary N) is 1. The Hall–Kier alpha value is -2.23. The van der Waals surface area contributed by atoms with Gasteiger partial charge in [-0.25, -0.2) is 13.4 Å². The summed E-state index contributed by atoms with van der Waals surface area (Å²) >= 11 is 1.16. The topological polar surface area (TPSA) is 92.5 Å². The third-order valence-corrected chi connectivity index (χ3v) is 7.61. The van der Waals surface area contributed by atoms with Crippen LogP contribution in [0.1, 0.15) is 18.7 Å². The Bertz CT molecular complexity index is 1060. The van der Waals surface area contributed by atoms with Crippen LogP contribution in [0.3, 0.4) is 0 Å². The average molecular weight is 391 g/mol. The zero-order valence-electron chi connectivity index (χ0n) is 14.0. The summed E-state index contributed by atoms with van der Waals surface area (Å²) in [6.07, 6.45) is 1.16. The first-order chi connectivity index (χ1) is 12.4. The number of hydrogen-bond donors (Lipinski definition) is 1. The number of sulfonamides is 1. The van der Waals surface area contributed by atoms with Crippen LogP contribution in [0.25, 0.3) is 11.1 Å². The van der Waals surface area contributed by atoms with E-state index in [2.05, 4.69) is 10.3 Å². The minimum Gasteiger partial charge on any atom is -0.441 e. The number of benzene rings is 1. The van der Waals surface area contributed by atoms with Crippen molar-refractivity contribution >= 4 is 44.1 Å². The van der Waals surface area contributed by atoms with Gasteiger partial charge in [-0.05, 0) is 36.4 Å². The maximum Gasteiger partial charge on any atom is 0.253 e. The summed E-state index contributed by atoms with van der Waals surface area (Å²) in [5.74, 6) is 0.214. The monoisotopic (exact) mass is 391 g/mol. The van der Waals surface area contributed by atoms with Gasteiger partial charge in [-0.15, -0.1) is 11.3 Å². The van der Waals surface area contributed by atoms with Gasteiger partial charge in [0, 0.05) is 25.2 Å². The second-order valence-corrected chi connectivity index (χ2v) is 9.18. The van der Waals surface area contributed by atoms with Crippen LogP contribution < -0.4 is 5.32 Å². The molecule has 136 valence electrons. The number of thiophene rings is 1. The highest BCUT2D eigenvalue weighted by Gasteiger charge is 2.39. The number of hydrogen-bond acceptors (Lipinski definition) is 6. The van der Waals surface area contributed by atoms with Crippen molar-refractivity contribution < 1.29 is 17.6 Å². The second kappa shape index (κ2) is 6.49. The van der Waals surface area contributed by atoms with Crippen molar-refractivity contribution in [2.45, 2.75) is 30.0 Å². The Morgan fingerprint density at radius 1 is 1.38 bits per heavy atom. The van der Waals surface area contributed by atoms with Crippen molar-refractivity contribution in [1.29, 1.82) is 0 Å². The molecule has 0 radical (unpaired) electrons. The van der Waals surface area contributed by atoms with Crippen LogP contribution in [0, 0.1) is 6.92 Å². The molecule has 1 aliphatic heterocycles. The van der Waals surface area contributed by atoms with Gasteiger partial charge in [-0.2, -0.15) is 4.31 Å². The fraction of sp³-hybridized carbons (Fsp3) is 0.294. The number of nitrogens with zero attached hydrogens (tertiary/aromatic N) is 2. The molecule has 4 rings (SSSR count). The molecule has 1 N–H and O–H groups in total. The number of carbonyl (C=O) groups is 1. The number of anilines is 1. The van der Waals surface area contributed by atoms with Crippen molar-refractivity contribution in [2.24, 2.45) is 0 Å². The summed E-state index contributed by atoms with van der Waals surface area (Å²) in [6, 6.07) is 7.73. The molecule has 1 atom stereocenters. The van der Waals surface area contributed by atoms with E-state index < -0.39 is 16.1 Å². The predicted octanol–water partition coefficient (Wildman–Crippen LogP) is 2.99. The Labute approximate surface area is 154 Å². The minimum absolute atomic E-state index is 0.260. The van der Waals surface area contributed by atoms with E-state index in [1.54, 1.807) is 42.6 Å². The Morgan fingerprint density at radius 3 is 3.00 bits per heavy atom. The molecule has 1 saturated heterocycles. The Kier molecular flexibility index (Phi) is 4.29. The van der Waals surface area contributed by atoms with Gasteiger partial charge in [0.05, 0.1) is 0 Å². The molecule has 1 aromatic carbocycles. The summed E-state index contributed by atoms with van der Waals surface area (Å²) in [5.41, 5.74) is 1.84. The number of aryl methyl sites for hydroxylation is 1. The van der Waals surface area contributed by atoms with Crippen molar-refractivity contribution in [3.05, 3.63) is 41.6 Å². The van der Waals surface area contributed by atoms with Crippen molar-refractivity contribution in [2.75, 3.05) is 11.9 Å². The quantitative estimate of drug-likeness (QED) is 0.738. The maximum atomic E-state index is 12.8. The molecule has 1 amide bonds. The third-order valence-electron chi connectivity index (χ3n) is 4.33. The summed E-state index contributed by atoms with van der Waals surface area (Å²) < 4.78 is 32.6. The van der Waals surface area contributed by atoms with Crippen LogP contribution in [0.15, 0.2) is 44.3 Å². The Morgan fingerprint density at radius 2 is 2.23 bits per heavy atom. The Balaban J connectivity index is 1.56. The molecule has 2 aromatic heterocycles.